The molecule has 2 aromatic rings. The van der Waals surface area contributed by atoms with Crippen LogP contribution in [0.3, 0.4) is 0 Å². The molecule has 162 valence electrons. The molecule has 0 unspecified atom stereocenters. The smallest absolute Gasteiger partial charge is 0.302 e. The van der Waals surface area contributed by atoms with Crippen molar-refractivity contribution in [1.29, 1.82) is 5.26 Å². The summed E-state index contributed by atoms with van der Waals surface area (Å²) in [5.74, 6) is -0.510. The molecule has 3 heterocycles. The lowest BCUT2D eigenvalue weighted by atomic mass is 10.00. The summed E-state index contributed by atoms with van der Waals surface area (Å²) in [4.78, 5) is 34.2. The van der Waals surface area contributed by atoms with Gasteiger partial charge in [-0.15, -0.1) is 0 Å². The van der Waals surface area contributed by atoms with Crippen LogP contribution < -0.4 is 5.56 Å². The van der Waals surface area contributed by atoms with Crippen LogP contribution in [0.25, 0.3) is 11.2 Å². The van der Waals surface area contributed by atoms with Crippen molar-refractivity contribution in [1.82, 2.24) is 19.5 Å². The van der Waals surface area contributed by atoms with Crippen LogP contribution >= 0.6 is 0 Å². The molecule has 1 aliphatic rings. The van der Waals surface area contributed by atoms with Crippen LogP contribution in [0.1, 0.15) is 40.3 Å². The Morgan fingerprint density at radius 2 is 2.17 bits per heavy atom. The second-order valence-corrected chi connectivity index (χ2v) is 13.8. The van der Waals surface area contributed by atoms with Crippen molar-refractivity contribution in [2.75, 3.05) is 6.61 Å². The number of imidazole rings is 1. The second kappa shape index (κ2) is 7.61. The maximum absolute atomic E-state index is 12.0. The Morgan fingerprint density at radius 3 is 2.77 bits per heavy atom. The molecule has 1 saturated heterocycles. The molecule has 0 aliphatic carbocycles. The number of rotatable bonds is 5. The number of hydrogen-bond acceptors (Lipinski definition) is 8. The topological polar surface area (TPSA) is 132 Å². The average Bonchev–Trinajstić information content (AvgIpc) is 3.22. The first-order valence-electron chi connectivity index (χ1n) is 9.71. The molecule has 1 aliphatic heterocycles. The van der Waals surface area contributed by atoms with Gasteiger partial charge in [0.05, 0.1) is 18.8 Å². The molecule has 2 aromatic heterocycles. The van der Waals surface area contributed by atoms with Crippen molar-refractivity contribution >= 4 is 25.5 Å². The molecular weight excluding hydrogens is 406 g/mol. The fourth-order valence-corrected chi connectivity index (χ4v) is 4.48. The molecule has 30 heavy (non-hydrogen) atoms. The lowest BCUT2D eigenvalue weighted by Gasteiger charge is -2.40. The Balaban J connectivity index is 2.00. The van der Waals surface area contributed by atoms with Gasteiger partial charge in [0.25, 0.3) is 5.56 Å². The van der Waals surface area contributed by atoms with E-state index in [1.807, 2.05) is 0 Å². The lowest BCUT2D eigenvalue weighted by Crippen LogP contribution is -2.52. The molecule has 0 radical (unpaired) electrons. The molecule has 1 N–H and O–H groups in total. The van der Waals surface area contributed by atoms with Crippen molar-refractivity contribution < 1.29 is 18.7 Å². The van der Waals surface area contributed by atoms with Crippen LogP contribution in [0, 0.1) is 11.3 Å². The monoisotopic (exact) mass is 433 g/mol. The Kier molecular flexibility index (Phi) is 5.61. The number of esters is 1. The lowest BCUT2D eigenvalue weighted by molar-refractivity contribution is -0.153. The van der Waals surface area contributed by atoms with E-state index < -0.39 is 32.2 Å². The number of aromatic amines is 1. The minimum absolute atomic E-state index is 0.0930. The third-order valence-electron chi connectivity index (χ3n) is 5.88. The van der Waals surface area contributed by atoms with Crippen LogP contribution in [0.5, 0.6) is 0 Å². The maximum atomic E-state index is 12.0. The fourth-order valence-electron chi connectivity index (χ4n) is 3.13. The van der Waals surface area contributed by atoms with Gasteiger partial charge in [-0.25, -0.2) is 9.97 Å². The summed E-state index contributed by atoms with van der Waals surface area (Å²) in [5.41, 5.74) is -1.32. The summed E-state index contributed by atoms with van der Waals surface area (Å²) in [6, 6.07) is 2.18. The standard InChI is InChI=1S/C19H27N5O5Si/c1-12(25)27-9-19(8-20)13(29-30(5,6)18(2,3)4)7-14(28-19)24-11-23-15-16(24)21-10-22-17(15)26/h10-11,13-14H,7,9H2,1-6H3,(H,21,22,26)/t13-,14-,19+/m0/s1. The highest BCUT2D eigenvalue weighted by atomic mass is 28.4. The number of carbonyl (C=O) groups excluding carboxylic acids is 1. The van der Waals surface area contributed by atoms with Crippen LogP contribution in [0.4, 0.5) is 0 Å². The van der Waals surface area contributed by atoms with E-state index in [4.69, 9.17) is 13.9 Å². The minimum Gasteiger partial charge on any atom is -0.462 e. The molecule has 3 atom stereocenters. The third kappa shape index (κ3) is 3.90. The number of hydrogen-bond donors (Lipinski definition) is 1. The Morgan fingerprint density at radius 1 is 1.47 bits per heavy atom. The van der Waals surface area contributed by atoms with Gasteiger partial charge in [-0.2, -0.15) is 5.26 Å². The van der Waals surface area contributed by atoms with Crippen molar-refractivity contribution in [3.63, 3.8) is 0 Å². The Labute approximate surface area is 175 Å². The zero-order valence-electron chi connectivity index (χ0n) is 18.1. The van der Waals surface area contributed by atoms with E-state index in [1.54, 1.807) is 4.57 Å². The van der Waals surface area contributed by atoms with Crippen LogP contribution in [-0.4, -0.2) is 52.1 Å². The molecule has 10 nitrogen and oxygen atoms in total. The van der Waals surface area contributed by atoms with Crippen LogP contribution in [0.15, 0.2) is 17.4 Å². The molecule has 0 aromatic carbocycles. The highest BCUT2D eigenvalue weighted by Crippen LogP contribution is 2.45. The normalized spacial score (nSPS) is 24.7. The number of ether oxygens (including phenoxy) is 2. The van der Waals surface area contributed by atoms with Crippen molar-refractivity contribution in [2.24, 2.45) is 0 Å². The first-order chi connectivity index (χ1) is 13.9. The highest BCUT2D eigenvalue weighted by molar-refractivity contribution is 6.74. The summed E-state index contributed by atoms with van der Waals surface area (Å²) in [5, 5.41) is 9.95. The van der Waals surface area contributed by atoms with Crippen molar-refractivity contribution in [2.45, 2.75) is 70.2 Å². The number of nitrogens with one attached hydrogen (secondary N) is 1. The van der Waals surface area contributed by atoms with E-state index in [0.717, 1.165) is 0 Å². The Bertz CT molecular complexity index is 1050. The van der Waals surface area contributed by atoms with E-state index in [0.29, 0.717) is 12.1 Å². The summed E-state index contributed by atoms with van der Waals surface area (Å²) < 4.78 is 19.5. The van der Waals surface area contributed by atoms with Crippen LogP contribution in [0.2, 0.25) is 18.1 Å². The largest absolute Gasteiger partial charge is 0.462 e. The Hall–Kier alpha value is -2.55. The van der Waals surface area contributed by atoms with E-state index in [2.05, 4.69) is 54.9 Å². The first kappa shape index (κ1) is 22.1. The van der Waals surface area contributed by atoms with Gasteiger partial charge in [0, 0.05) is 13.3 Å². The quantitative estimate of drug-likeness (QED) is 0.561. The SMILES string of the molecule is CC(=O)OC[C@@]1(C#N)O[C@H](n2cnc3c(=O)[nH]cnc32)C[C@@H]1O[Si](C)(C)C(C)(C)C. The molecule has 0 saturated carbocycles. The van der Waals surface area contributed by atoms with E-state index in [1.165, 1.54) is 19.6 Å². The van der Waals surface area contributed by atoms with Gasteiger partial charge in [-0.1, -0.05) is 20.8 Å². The molecule has 0 amide bonds. The third-order valence-corrected chi connectivity index (χ3v) is 10.4. The summed E-state index contributed by atoms with van der Waals surface area (Å²) in [6.45, 7) is 11.5. The predicted octanol–water partition coefficient (Wildman–Crippen LogP) is 2.25. The van der Waals surface area contributed by atoms with E-state index in [-0.39, 0.29) is 22.7 Å². The number of fused-ring (bicyclic) bond motifs is 1. The van der Waals surface area contributed by atoms with Gasteiger partial charge in [-0.05, 0) is 18.1 Å². The summed E-state index contributed by atoms with van der Waals surface area (Å²) >= 11 is 0. The van der Waals surface area contributed by atoms with Gasteiger partial charge in [0.15, 0.2) is 19.5 Å². The molecule has 0 spiro atoms. The predicted molar refractivity (Wildman–Crippen MR) is 110 cm³/mol. The van der Waals surface area contributed by atoms with Gasteiger partial charge in [0.2, 0.25) is 5.60 Å². The first-order valence-corrected chi connectivity index (χ1v) is 12.6. The molecular formula is C19H27N5O5Si. The average molecular weight is 434 g/mol. The number of aromatic nitrogens is 4. The van der Waals surface area contributed by atoms with Gasteiger partial charge < -0.3 is 18.9 Å². The van der Waals surface area contributed by atoms with E-state index in [9.17, 15) is 14.9 Å². The molecule has 1 fully saturated rings. The van der Waals surface area contributed by atoms with Gasteiger partial charge in [0.1, 0.15) is 18.9 Å². The van der Waals surface area contributed by atoms with E-state index >= 15 is 0 Å². The summed E-state index contributed by atoms with van der Waals surface area (Å²) in [7, 11) is -2.28. The second-order valence-electron chi connectivity index (χ2n) is 9.01. The van der Waals surface area contributed by atoms with Crippen molar-refractivity contribution in [3.05, 3.63) is 23.0 Å². The zero-order chi connectivity index (χ0) is 22.3. The van der Waals surface area contributed by atoms with Gasteiger partial charge in [-0.3, -0.25) is 14.2 Å². The molecule has 3 rings (SSSR count). The zero-order valence-corrected chi connectivity index (χ0v) is 19.1. The van der Waals surface area contributed by atoms with Crippen LogP contribution in [-0.2, 0) is 18.7 Å². The molecule has 11 heteroatoms. The number of carbonyl (C=O) groups is 1. The fraction of sp³-hybridized carbons (Fsp3) is 0.632. The highest BCUT2D eigenvalue weighted by Gasteiger charge is 2.55. The van der Waals surface area contributed by atoms with Gasteiger partial charge >= 0.3 is 5.97 Å². The van der Waals surface area contributed by atoms with Crippen molar-refractivity contribution in [3.8, 4) is 6.07 Å². The minimum atomic E-state index is -2.28. The number of nitrogens with zero attached hydrogens (tertiary/aromatic N) is 4. The number of nitriles is 1. The maximum Gasteiger partial charge on any atom is 0.302 e. The summed E-state index contributed by atoms with van der Waals surface area (Å²) in [6.07, 6.45) is 1.78. The number of H-pyrrole nitrogens is 1. The molecule has 0 bridgehead atoms.